The number of amides is 2. The number of methoxy groups -OCH3 is 1. The fourth-order valence-corrected chi connectivity index (χ4v) is 3.02. The molecule has 1 atom stereocenters. The molecule has 6 nitrogen and oxygen atoms in total. The smallest absolute Gasteiger partial charge is 0.317 e. The Morgan fingerprint density at radius 2 is 2.23 bits per heavy atom. The van der Waals surface area contributed by atoms with Crippen LogP contribution in [0.4, 0.5) is 4.79 Å². The maximum absolute atomic E-state index is 12.5. The molecule has 1 fully saturated rings. The van der Waals surface area contributed by atoms with Crippen LogP contribution in [0.3, 0.4) is 0 Å². The summed E-state index contributed by atoms with van der Waals surface area (Å²) in [7, 11) is 1.64. The Balaban J connectivity index is 1.46. The summed E-state index contributed by atoms with van der Waals surface area (Å²) >= 11 is 0. The van der Waals surface area contributed by atoms with E-state index in [4.69, 9.17) is 9.47 Å². The van der Waals surface area contributed by atoms with Crippen LogP contribution in [0.1, 0.15) is 24.1 Å². The topological polar surface area (TPSA) is 63.7 Å². The van der Waals surface area contributed by atoms with Gasteiger partial charge in [-0.05, 0) is 42.7 Å². The summed E-state index contributed by atoms with van der Waals surface area (Å²) in [5.41, 5.74) is 1.92. The lowest BCUT2D eigenvalue weighted by atomic mass is 10.1. The molecule has 1 aliphatic heterocycles. The highest BCUT2D eigenvalue weighted by Gasteiger charge is 2.24. The maximum atomic E-state index is 12.5. The predicted octanol–water partition coefficient (Wildman–Crippen LogP) is 2.98. The van der Waals surface area contributed by atoms with E-state index >= 15 is 0 Å². The molecule has 0 saturated carbocycles. The third-order valence-corrected chi connectivity index (χ3v) is 4.44. The first-order chi connectivity index (χ1) is 12.7. The van der Waals surface area contributed by atoms with E-state index in [0.717, 1.165) is 36.4 Å². The Hall–Kier alpha value is -2.60. The van der Waals surface area contributed by atoms with Crippen molar-refractivity contribution in [2.24, 2.45) is 0 Å². The minimum Gasteiger partial charge on any atom is -0.497 e. The lowest BCUT2D eigenvalue weighted by molar-refractivity contribution is -0.00168. The summed E-state index contributed by atoms with van der Waals surface area (Å²) in [6.07, 6.45) is 3.72. The van der Waals surface area contributed by atoms with E-state index in [1.807, 2.05) is 47.4 Å². The Morgan fingerprint density at radius 3 is 3.04 bits per heavy atom. The van der Waals surface area contributed by atoms with Gasteiger partial charge in [0.2, 0.25) is 0 Å². The second kappa shape index (κ2) is 9.20. The molecule has 1 aliphatic rings. The van der Waals surface area contributed by atoms with Crippen molar-refractivity contribution in [1.82, 2.24) is 15.2 Å². The molecule has 0 spiro atoms. The van der Waals surface area contributed by atoms with E-state index in [9.17, 15) is 4.79 Å². The van der Waals surface area contributed by atoms with Gasteiger partial charge in [-0.15, -0.1) is 0 Å². The Labute approximate surface area is 154 Å². The van der Waals surface area contributed by atoms with Crippen LogP contribution in [-0.2, 0) is 17.9 Å². The monoisotopic (exact) mass is 355 g/mol. The van der Waals surface area contributed by atoms with Gasteiger partial charge >= 0.3 is 6.03 Å². The number of urea groups is 1. The molecule has 1 aromatic heterocycles. The number of nitrogens with zero attached hydrogens (tertiary/aromatic N) is 2. The van der Waals surface area contributed by atoms with Crippen molar-refractivity contribution >= 4 is 6.03 Å². The number of carbonyl (C=O) groups excluding carboxylic acids is 1. The van der Waals surface area contributed by atoms with Crippen LogP contribution in [0.5, 0.6) is 5.75 Å². The zero-order valence-corrected chi connectivity index (χ0v) is 15.1. The molecule has 2 aromatic rings. The van der Waals surface area contributed by atoms with Crippen LogP contribution in [-0.4, -0.2) is 42.2 Å². The van der Waals surface area contributed by atoms with Gasteiger partial charge in [-0.2, -0.15) is 0 Å². The number of carbonyl (C=O) groups is 1. The molecule has 6 heteroatoms. The van der Waals surface area contributed by atoms with Crippen LogP contribution in [0.25, 0.3) is 0 Å². The van der Waals surface area contributed by atoms with Crippen molar-refractivity contribution in [3.05, 3.63) is 59.9 Å². The largest absolute Gasteiger partial charge is 0.497 e. The normalized spacial score (nSPS) is 17.0. The zero-order valence-electron chi connectivity index (χ0n) is 15.1. The molecular weight excluding hydrogens is 330 g/mol. The van der Waals surface area contributed by atoms with E-state index < -0.39 is 0 Å². The number of aromatic nitrogens is 1. The van der Waals surface area contributed by atoms with Gasteiger partial charge in [0.1, 0.15) is 5.75 Å². The second-order valence-corrected chi connectivity index (χ2v) is 6.35. The van der Waals surface area contributed by atoms with Crippen molar-refractivity contribution in [3.63, 3.8) is 0 Å². The molecule has 3 rings (SSSR count). The highest BCUT2D eigenvalue weighted by Crippen LogP contribution is 2.16. The maximum Gasteiger partial charge on any atom is 0.317 e. The van der Waals surface area contributed by atoms with E-state index in [1.165, 1.54) is 0 Å². The number of nitrogens with one attached hydrogen (secondary N) is 1. The Morgan fingerprint density at radius 1 is 1.31 bits per heavy atom. The van der Waals surface area contributed by atoms with Crippen LogP contribution in [0.15, 0.2) is 48.7 Å². The van der Waals surface area contributed by atoms with Gasteiger partial charge in [-0.1, -0.05) is 18.2 Å². The summed E-state index contributed by atoms with van der Waals surface area (Å²) in [5, 5.41) is 2.98. The van der Waals surface area contributed by atoms with Gasteiger partial charge in [0.15, 0.2) is 0 Å². The molecule has 138 valence electrons. The zero-order chi connectivity index (χ0) is 18.2. The molecule has 0 aliphatic carbocycles. The highest BCUT2D eigenvalue weighted by molar-refractivity contribution is 5.74. The van der Waals surface area contributed by atoms with Gasteiger partial charge in [-0.25, -0.2) is 4.79 Å². The number of benzene rings is 1. The fourth-order valence-electron chi connectivity index (χ4n) is 3.02. The molecule has 26 heavy (non-hydrogen) atoms. The van der Waals surface area contributed by atoms with Gasteiger partial charge in [0, 0.05) is 25.8 Å². The minimum atomic E-state index is -0.0565. The van der Waals surface area contributed by atoms with Crippen LogP contribution in [0, 0.1) is 0 Å². The van der Waals surface area contributed by atoms with E-state index in [1.54, 1.807) is 13.3 Å². The molecule has 0 bridgehead atoms. The summed E-state index contributed by atoms with van der Waals surface area (Å²) in [6.45, 7) is 2.32. The molecule has 1 saturated heterocycles. The molecule has 1 aromatic carbocycles. The molecule has 2 amide bonds. The van der Waals surface area contributed by atoms with Gasteiger partial charge in [0.05, 0.1) is 25.5 Å². The quantitative estimate of drug-likeness (QED) is 0.865. The number of hydrogen-bond acceptors (Lipinski definition) is 4. The SMILES string of the molecule is COc1cccc(CNC(=O)N2CCCC(OCc3ccccn3)C2)c1. The first-order valence-electron chi connectivity index (χ1n) is 8.92. The van der Waals surface area contributed by atoms with E-state index in [-0.39, 0.29) is 12.1 Å². The summed E-state index contributed by atoms with van der Waals surface area (Å²) in [5.74, 6) is 0.790. The van der Waals surface area contributed by atoms with Crippen molar-refractivity contribution in [3.8, 4) is 5.75 Å². The standard InChI is InChI=1S/C20H25N3O3/c1-25-18-8-4-6-16(12-18)13-22-20(24)23-11-5-9-19(14-23)26-15-17-7-2-3-10-21-17/h2-4,6-8,10,12,19H,5,9,11,13-15H2,1H3,(H,22,24). The number of pyridine rings is 1. The van der Waals surface area contributed by atoms with Gasteiger partial charge < -0.3 is 19.7 Å². The number of hydrogen-bond donors (Lipinski definition) is 1. The van der Waals surface area contributed by atoms with Crippen molar-refractivity contribution in [2.75, 3.05) is 20.2 Å². The number of rotatable bonds is 6. The number of piperidine rings is 1. The Kier molecular flexibility index (Phi) is 6.44. The van der Waals surface area contributed by atoms with E-state index in [0.29, 0.717) is 19.7 Å². The first kappa shape index (κ1) is 18.2. The number of ether oxygens (including phenoxy) is 2. The summed E-state index contributed by atoms with van der Waals surface area (Å²) in [4.78, 5) is 18.6. The van der Waals surface area contributed by atoms with Crippen molar-refractivity contribution in [2.45, 2.75) is 32.1 Å². The molecular formula is C20H25N3O3. The third-order valence-electron chi connectivity index (χ3n) is 4.44. The fraction of sp³-hybridized carbons (Fsp3) is 0.400. The second-order valence-electron chi connectivity index (χ2n) is 6.35. The molecule has 2 heterocycles. The Bertz CT molecular complexity index is 708. The van der Waals surface area contributed by atoms with Crippen LogP contribution < -0.4 is 10.1 Å². The highest BCUT2D eigenvalue weighted by atomic mass is 16.5. The molecule has 0 radical (unpaired) electrons. The lowest BCUT2D eigenvalue weighted by Gasteiger charge is -2.32. The summed E-state index contributed by atoms with van der Waals surface area (Å²) < 4.78 is 11.2. The minimum absolute atomic E-state index is 0.0494. The predicted molar refractivity (Wildman–Crippen MR) is 98.9 cm³/mol. The van der Waals surface area contributed by atoms with Crippen LogP contribution in [0.2, 0.25) is 0 Å². The van der Waals surface area contributed by atoms with Gasteiger partial charge in [-0.3, -0.25) is 4.98 Å². The van der Waals surface area contributed by atoms with Crippen molar-refractivity contribution in [1.29, 1.82) is 0 Å². The first-order valence-corrected chi connectivity index (χ1v) is 8.92. The molecule has 1 N–H and O–H groups in total. The number of likely N-dealkylation sites (tertiary alicyclic amines) is 1. The summed E-state index contributed by atoms with van der Waals surface area (Å²) in [6, 6.07) is 13.4. The molecule has 1 unspecified atom stereocenters. The lowest BCUT2D eigenvalue weighted by Crippen LogP contribution is -2.47. The van der Waals surface area contributed by atoms with Gasteiger partial charge in [0.25, 0.3) is 0 Å². The third kappa shape index (κ3) is 5.20. The average Bonchev–Trinajstić information content (AvgIpc) is 2.71. The van der Waals surface area contributed by atoms with Crippen molar-refractivity contribution < 1.29 is 14.3 Å². The van der Waals surface area contributed by atoms with E-state index in [2.05, 4.69) is 10.3 Å². The average molecular weight is 355 g/mol. The van der Waals surface area contributed by atoms with Crippen LogP contribution >= 0.6 is 0 Å².